The van der Waals surface area contributed by atoms with Crippen molar-refractivity contribution in [1.29, 1.82) is 0 Å². The second-order valence-electron chi connectivity index (χ2n) is 12.6. The lowest BCUT2D eigenvalue weighted by atomic mass is 9.95. The van der Waals surface area contributed by atoms with Crippen molar-refractivity contribution >= 4 is 52.6 Å². The van der Waals surface area contributed by atoms with E-state index in [1.54, 1.807) is 25.4 Å². The highest BCUT2D eigenvalue weighted by molar-refractivity contribution is 7.52. The smallest absolute Gasteiger partial charge is 0.334 e. The molecule has 242 valence electrons. The summed E-state index contributed by atoms with van der Waals surface area (Å²) >= 11 is 6.59. The van der Waals surface area contributed by atoms with E-state index in [1.165, 1.54) is 4.90 Å². The average Bonchev–Trinajstić information content (AvgIpc) is 3.76. The molecule has 0 radical (unpaired) electrons. The van der Waals surface area contributed by atoms with Gasteiger partial charge in [0.1, 0.15) is 29.8 Å². The number of carbonyl (C=O) groups is 1. The molecule has 7 rings (SSSR count). The fourth-order valence-electron chi connectivity index (χ4n) is 7.43. The van der Waals surface area contributed by atoms with E-state index in [2.05, 4.69) is 14.9 Å². The molecule has 3 saturated heterocycles. The van der Waals surface area contributed by atoms with Crippen molar-refractivity contribution in [1.82, 2.24) is 24.8 Å². The summed E-state index contributed by atoms with van der Waals surface area (Å²) in [6, 6.07) is 10.9. The number of benzene rings is 2. The van der Waals surface area contributed by atoms with Gasteiger partial charge in [-0.05, 0) is 56.6 Å². The fourth-order valence-corrected chi connectivity index (χ4v) is 8.26. The topological polar surface area (TPSA) is 132 Å². The van der Waals surface area contributed by atoms with Crippen LogP contribution in [0.3, 0.4) is 0 Å². The molecule has 3 aliphatic heterocycles. The zero-order chi connectivity index (χ0) is 32.2. The van der Waals surface area contributed by atoms with E-state index in [0.29, 0.717) is 46.7 Å². The van der Waals surface area contributed by atoms with Crippen LogP contribution in [-0.4, -0.2) is 98.0 Å². The van der Waals surface area contributed by atoms with Crippen molar-refractivity contribution in [2.75, 3.05) is 50.9 Å². The van der Waals surface area contributed by atoms with Gasteiger partial charge in [-0.2, -0.15) is 9.97 Å². The van der Waals surface area contributed by atoms with E-state index >= 15 is 4.39 Å². The minimum Gasteiger partial charge on any atom is -0.461 e. The van der Waals surface area contributed by atoms with Gasteiger partial charge in [-0.3, -0.25) is 19.2 Å². The molecule has 2 aromatic heterocycles. The molecule has 0 bridgehead atoms. The summed E-state index contributed by atoms with van der Waals surface area (Å²) in [5.41, 5.74) is 0.633. The molecule has 1 unspecified atom stereocenters. The summed E-state index contributed by atoms with van der Waals surface area (Å²) in [6.07, 6.45) is 5.51. The summed E-state index contributed by atoms with van der Waals surface area (Å²) in [4.78, 5) is 50.9. The summed E-state index contributed by atoms with van der Waals surface area (Å²) in [6.45, 7) is 3.03. The van der Waals surface area contributed by atoms with Crippen molar-refractivity contribution in [3.63, 3.8) is 0 Å². The lowest BCUT2D eigenvalue weighted by molar-refractivity contribution is -0.127. The number of likely N-dealkylation sites (tertiary alicyclic amines) is 1. The molecule has 3 fully saturated rings. The van der Waals surface area contributed by atoms with Crippen molar-refractivity contribution in [2.45, 2.75) is 43.7 Å². The number of rotatable bonds is 8. The predicted molar refractivity (Wildman–Crippen MR) is 174 cm³/mol. The third-order valence-electron chi connectivity index (χ3n) is 9.77. The van der Waals surface area contributed by atoms with Gasteiger partial charge < -0.3 is 24.3 Å². The summed E-state index contributed by atoms with van der Waals surface area (Å²) in [5.74, 6) is -0.836. The lowest BCUT2D eigenvalue weighted by Crippen LogP contribution is -2.43. The molecule has 1 atom stereocenters. The molecule has 14 heteroatoms. The van der Waals surface area contributed by atoms with Crippen LogP contribution in [-0.2, 0) is 9.36 Å². The van der Waals surface area contributed by atoms with Crippen molar-refractivity contribution in [2.24, 2.45) is 0 Å². The number of hydrogen-bond donors (Lipinski definition) is 2. The van der Waals surface area contributed by atoms with Crippen molar-refractivity contribution in [3.05, 3.63) is 53.4 Å². The van der Waals surface area contributed by atoms with Gasteiger partial charge in [0, 0.05) is 48.3 Å². The molecule has 4 aromatic rings. The Bertz CT molecular complexity index is 1880. The van der Waals surface area contributed by atoms with Crippen molar-refractivity contribution in [3.8, 4) is 17.3 Å². The molecule has 11 nitrogen and oxygen atoms in total. The van der Waals surface area contributed by atoms with E-state index in [-0.39, 0.29) is 35.3 Å². The summed E-state index contributed by atoms with van der Waals surface area (Å²) in [7, 11) is -2.70. The van der Waals surface area contributed by atoms with Gasteiger partial charge in [0.05, 0.1) is 10.9 Å². The zero-order valence-electron chi connectivity index (χ0n) is 25.4. The number of pyridine rings is 1. The number of nitrogens with zero attached hydrogens (tertiary/aromatic N) is 6. The van der Waals surface area contributed by atoms with Crippen LogP contribution in [0.5, 0.6) is 6.01 Å². The number of aromatic nitrogens is 3. The molecule has 0 spiro atoms. The molecule has 1 amide bonds. The monoisotopic (exact) mass is 668 g/mol. The third-order valence-corrected chi connectivity index (χ3v) is 10.8. The van der Waals surface area contributed by atoms with Gasteiger partial charge >= 0.3 is 13.6 Å². The Hall–Kier alpha value is -3.41. The van der Waals surface area contributed by atoms with Crippen LogP contribution < -0.4 is 9.64 Å². The Morgan fingerprint density at radius 2 is 1.89 bits per heavy atom. The van der Waals surface area contributed by atoms with E-state index in [0.717, 1.165) is 44.2 Å². The highest BCUT2D eigenvalue weighted by Crippen LogP contribution is 2.41. The summed E-state index contributed by atoms with van der Waals surface area (Å²) < 4.78 is 34.5. The first-order valence-corrected chi connectivity index (χ1v) is 17.7. The van der Waals surface area contributed by atoms with Gasteiger partial charge in [-0.25, -0.2) is 4.39 Å². The Morgan fingerprint density at radius 1 is 1.15 bits per heavy atom. The maximum atomic E-state index is 16.7. The Morgan fingerprint density at radius 3 is 2.63 bits per heavy atom. The maximum Gasteiger partial charge on any atom is 0.334 e. The minimum absolute atomic E-state index is 0.0561. The number of halogens is 2. The zero-order valence-corrected chi connectivity index (χ0v) is 27.1. The quantitative estimate of drug-likeness (QED) is 0.251. The van der Waals surface area contributed by atoms with Crippen LogP contribution in [0.2, 0.25) is 5.02 Å². The molecular formula is C32H35ClFN6O5P. The first kappa shape index (κ1) is 31.2. The average molecular weight is 669 g/mol. The van der Waals surface area contributed by atoms with Crippen LogP contribution in [0.25, 0.3) is 32.9 Å². The first-order valence-electron chi connectivity index (χ1n) is 15.5. The fraction of sp³-hybridized carbons (Fsp3) is 0.438. The highest BCUT2D eigenvalue weighted by Gasteiger charge is 2.45. The Kier molecular flexibility index (Phi) is 8.13. The van der Waals surface area contributed by atoms with Gasteiger partial charge in [0.2, 0.25) is 5.91 Å². The second-order valence-corrected chi connectivity index (χ2v) is 14.6. The molecule has 0 aliphatic carbocycles. The van der Waals surface area contributed by atoms with Gasteiger partial charge in [0.25, 0.3) is 0 Å². The van der Waals surface area contributed by atoms with Crippen LogP contribution in [0.1, 0.15) is 32.1 Å². The van der Waals surface area contributed by atoms with Crippen LogP contribution in [0.15, 0.2) is 42.6 Å². The number of carbonyl (C=O) groups excluding carboxylic acids is 1. The molecule has 2 aromatic carbocycles. The van der Waals surface area contributed by atoms with Gasteiger partial charge in [-0.15, -0.1) is 0 Å². The Balaban J connectivity index is 1.28. The number of likely N-dealkylation sites (N-methyl/N-ethyl adjacent to an activating group) is 1. The number of amides is 1. The van der Waals surface area contributed by atoms with Gasteiger partial charge in [0.15, 0.2) is 5.82 Å². The molecular weight excluding hydrogens is 634 g/mol. The third kappa shape index (κ3) is 5.71. The Labute approximate surface area is 270 Å². The number of hydrogen-bond acceptors (Lipinski definition) is 8. The van der Waals surface area contributed by atoms with E-state index < -0.39 is 25.5 Å². The first-order chi connectivity index (χ1) is 22.0. The molecule has 3 aliphatic rings. The second kappa shape index (κ2) is 12.0. The maximum absolute atomic E-state index is 16.7. The normalized spacial score (nSPS) is 19.7. The van der Waals surface area contributed by atoms with Crippen LogP contribution in [0.4, 0.5) is 10.2 Å². The lowest BCUT2D eigenvalue weighted by Gasteiger charge is -2.31. The van der Waals surface area contributed by atoms with E-state index in [1.807, 2.05) is 29.2 Å². The molecule has 46 heavy (non-hydrogen) atoms. The molecule has 5 heterocycles. The molecule has 2 N–H and O–H groups in total. The van der Waals surface area contributed by atoms with E-state index in [4.69, 9.17) is 21.3 Å². The SMILES string of the molecule is CN(c1nc(OCC23CCCN2CCC3)nc2c(F)c(-c3cccc4cccc(Cl)c34)ncc12)C1CCN(C(=O)CP(=O)(O)O)C1. The number of anilines is 1. The van der Waals surface area contributed by atoms with Gasteiger partial charge in [-0.1, -0.05) is 41.9 Å². The molecule has 0 saturated carbocycles. The predicted octanol–water partition coefficient (Wildman–Crippen LogP) is 4.86. The highest BCUT2D eigenvalue weighted by atomic mass is 35.5. The standard InChI is InChI=1S/C32H35ClFN6O5P/c1-38(21-10-15-39(17-21)25(41)18-46(42,43)44)30-23-16-35-28(22-8-2-6-20-7-3-9-24(33)26(20)22)27(34)29(23)36-31(37-30)45-19-32-11-4-13-40(32)14-5-12-32/h2-3,6-9,16,21H,4-5,10-15,17-19H2,1H3,(H2,42,43,44). The van der Waals surface area contributed by atoms with Crippen molar-refractivity contribution < 1.29 is 28.3 Å². The van der Waals surface area contributed by atoms with Crippen LogP contribution >= 0.6 is 19.2 Å². The van der Waals surface area contributed by atoms with E-state index in [9.17, 15) is 19.1 Å². The van der Waals surface area contributed by atoms with Crippen LogP contribution in [0, 0.1) is 5.82 Å². The summed E-state index contributed by atoms with van der Waals surface area (Å²) in [5, 5.41) is 2.41. The largest absolute Gasteiger partial charge is 0.461 e. The number of ether oxygens (including phenoxy) is 1. The minimum atomic E-state index is -4.50. The number of fused-ring (bicyclic) bond motifs is 3.